The zero-order chi connectivity index (χ0) is 12.8. The number of hydrogen-bond acceptors (Lipinski definition) is 0. The molecule has 0 aromatic heterocycles. The van der Waals surface area contributed by atoms with Crippen LogP contribution in [0.3, 0.4) is 0 Å². The summed E-state index contributed by atoms with van der Waals surface area (Å²) < 4.78 is 0. The quantitative estimate of drug-likeness (QED) is 0.617. The summed E-state index contributed by atoms with van der Waals surface area (Å²) in [6.07, 6.45) is 9.30. The van der Waals surface area contributed by atoms with E-state index in [9.17, 15) is 0 Å². The normalized spacial score (nSPS) is 22.6. The van der Waals surface area contributed by atoms with Crippen LogP contribution >= 0.6 is 0 Å². The zero-order valence-corrected chi connectivity index (χ0v) is 11.0. The highest BCUT2D eigenvalue weighted by Gasteiger charge is 2.29. The van der Waals surface area contributed by atoms with E-state index < -0.39 is 0 Å². The Hall–Kier alpha value is -2.08. The van der Waals surface area contributed by atoms with E-state index in [4.69, 9.17) is 0 Å². The fourth-order valence-electron chi connectivity index (χ4n) is 3.35. The monoisotopic (exact) mass is 244 g/mol. The van der Waals surface area contributed by atoms with Crippen molar-refractivity contribution in [3.8, 4) is 0 Å². The highest BCUT2D eigenvalue weighted by Crippen LogP contribution is 2.45. The van der Waals surface area contributed by atoms with Crippen LogP contribution in [0.1, 0.15) is 39.7 Å². The van der Waals surface area contributed by atoms with Gasteiger partial charge in [0, 0.05) is 11.8 Å². The van der Waals surface area contributed by atoms with Crippen LogP contribution in [0.5, 0.6) is 0 Å². The fraction of sp³-hybridized carbons (Fsp3) is 0.158. The van der Waals surface area contributed by atoms with Crippen molar-refractivity contribution in [3.63, 3.8) is 0 Å². The first-order valence-electron chi connectivity index (χ1n) is 6.89. The van der Waals surface area contributed by atoms with Gasteiger partial charge in [-0.3, -0.25) is 0 Å². The number of benzene rings is 2. The maximum atomic E-state index is 2.37. The average molecular weight is 244 g/mol. The molecule has 0 saturated heterocycles. The van der Waals surface area contributed by atoms with Crippen molar-refractivity contribution in [2.24, 2.45) is 0 Å². The molecule has 2 aliphatic rings. The first kappa shape index (κ1) is 10.8. The Morgan fingerprint density at radius 3 is 2.26 bits per heavy atom. The molecule has 2 atom stereocenters. The van der Waals surface area contributed by atoms with Gasteiger partial charge in [-0.25, -0.2) is 0 Å². The first-order valence-corrected chi connectivity index (χ1v) is 6.89. The predicted molar refractivity (Wildman–Crippen MR) is 81.2 cm³/mol. The Labute approximate surface area is 114 Å². The van der Waals surface area contributed by atoms with E-state index in [-0.39, 0.29) is 0 Å². The molecule has 2 aliphatic carbocycles. The lowest BCUT2D eigenvalue weighted by molar-refractivity contribution is 0.722. The molecule has 0 aliphatic heterocycles. The van der Waals surface area contributed by atoms with Gasteiger partial charge in [-0.1, -0.05) is 72.3 Å². The van der Waals surface area contributed by atoms with Gasteiger partial charge >= 0.3 is 0 Å². The molecule has 0 N–H and O–H groups in total. The second-order valence-electron chi connectivity index (χ2n) is 5.53. The Bertz CT molecular complexity index is 704. The van der Waals surface area contributed by atoms with Crippen LogP contribution in [0.25, 0.3) is 12.2 Å². The molecule has 0 amide bonds. The van der Waals surface area contributed by atoms with Crippen LogP contribution in [-0.4, -0.2) is 0 Å². The van der Waals surface area contributed by atoms with E-state index in [0.717, 1.165) is 0 Å². The minimum absolute atomic E-state index is 0.495. The lowest BCUT2D eigenvalue weighted by Gasteiger charge is -2.32. The third-order valence-electron chi connectivity index (χ3n) is 4.31. The van der Waals surface area contributed by atoms with Gasteiger partial charge in [0.25, 0.3) is 0 Å². The maximum absolute atomic E-state index is 2.37. The summed E-state index contributed by atoms with van der Waals surface area (Å²) in [5, 5.41) is 0. The third-order valence-corrected chi connectivity index (χ3v) is 4.31. The summed E-state index contributed by atoms with van der Waals surface area (Å²) in [4.78, 5) is 0. The summed E-state index contributed by atoms with van der Waals surface area (Å²) in [7, 11) is 0. The van der Waals surface area contributed by atoms with Crippen molar-refractivity contribution in [1.82, 2.24) is 0 Å². The van der Waals surface area contributed by atoms with Crippen molar-refractivity contribution >= 4 is 12.2 Å². The van der Waals surface area contributed by atoms with Crippen LogP contribution in [-0.2, 0) is 0 Å². The zero-order valence-electron chi connectivity index (χ0n) is 11.0. The Balaban J connectivity index is 1.91. The van der Waals surface area contributed by atoms with E-state index in [1.807, 2.05) is 0 Å². The lowest BCUT2D eigenvalue weighted by Crippen LogP contribution is -2.15. The van der Waals surface area contributed by atoms with Gasteiger partial charge in [-0.15, -0.1) is 0 Å². The van der Waals surface area contributed by atoms with Gasteiger partial charge in [0.05, 0.1) is 0 Å². The summed E-state index contributed by atoms with van der Waals surface area (Å²) >= 11 is 0. The Kier molecular flexibility index (Phi) is 2.25. The fourth-order valence-corrected chi connectivity index (χ4v) is 3.35. The molecule has 0 nitrogen and oxygen atoms in total. The van der Waals surface area contributed by atoms with Crippen molar-refractivity contribution in [2.75, 3.05) is 0 Å². The van der Waals surface area contributed by atoms with Gasteiger partial charge in [0.2, 0.25) is 0 Å². The van der Waals surface area contributed by atoms with E-state index in [1.54, 1.807) is 0 Å². The minimum atomic E-state index is 0.495. The summed E-state index contributed by atoms with van der Waals surface area (Å²) in [5.41, 5.74) is 7.01. The smallest absolute Gasteiger partial charge is 0.0131 e. The molecule has 19 heavy (non-hydrogen) atoms. The second-order valence-corrected chi connectivity index (χ2v) is 5.53. The molecule has 0 fully saturated rings. The van der Waals surface area contributed by atoms with Crippen LogP contribution in [0, 0.1) is 6.92 Å². The van der Waals surface area contributed by atoms with E-state index in [1.165, 1.54) is 27.8 Å². The van der Waals surface area contributed by atoms with E-state index in [0.29, 0.717) is 11.8 Å². The van der Waals surface area contributed by atoms with Gasteiger partial charge in [-0.05, 0) is 29.2 Å². The number of aryl methyl sites for hydroxylation is 1. The first-order chi connectivity index (χ1) is 9.33. The SMILES string of the molecule is Cc1ccc2c(c1)C1C=Cc3ccccc3C1C=C2. The molecular weight excluding hydrogens is 228 g/mol. The molecule has 0 heteroatoms. The number of hydrogen-bond donors (Lipinski definition) is 0. The van der Waals surface area contributed by atoms with Gasteiger partial charge in [-0.2, -0.15) is 0 Å². The molecule has 2 unspecified atom stereocenters. The summed E-state index contributed by atoms with van der Waals surface area (Å²) in [6, 6.07) is 15.5. The van der Waals surface area contributed by atoms with Crippen molar-refractivity contribution in [1.29, 1.82) is 0 Å². The summed E-state index contributed by atoms with van der Waals surface area (Å²) in [5.74, 6) is 0.991. The maximum Gasteiger partial charge on any atom is 0.0131 e. The molecule has 2 aromatic rings. The van der Waals surface area contributed by atoms with Gasteiger partial charge in [0.1, 0.15) is 0 Å². The molecule has 0 bridgehead atoms. The molecule has 0 heterocycles. The topological polar surface area (TPSA) is 0 Å². The van der Waals surface area contributed by atoms with Gasteiger partial charge in [0.15, 0.2) is 0 Å². The average Bonchev–Trinajstić information content (AvgIpc) is 2.46. The molecule has 0 saturated carbocycles. The molecule has 92 valence electrons. The van der Waals surface area contributed by atoms with Crippen molar-refractivity contribution in [3.05, 3.63) is 82.4 Å². The lowest BCUT2D eigenvalue weighted by atomic mass is 9.72. The van der Waals surface area contributed by atoms with Crippen LogP contribution in [0.15, 0.2) is 54.6 Å². The Morgan fingerprint density at radius 1 is 0.737 bits per heavy atom. The van der Waals surface area contributed by atoms with E-state index >= 15 is 0 Å². The van der Waals surface area contributed by atoms with Crippen LogP contribution in [0.2, 0.25) is 0 Å². The molecule has 0 radical (unpaired) electrons. The number of fused-ring (bicyclic) bond motifs is 5. The largest absolute Gasteiger partial charge is 0.0755 e. The predicted octanol–water partition coefficient (Wildman–Crippen LogP) is 4.92. The highest BCUT2D eigenvalue weighted by atomic mass is 14.3. The molecule has 0 spiro atoms. The van der Waals surface area contributed by atoms with Crippen molar-refractivity contribution < 1.29 is 0 Å². The molecule has 2 aromatic carbocycles. The van der Waals surface area contributed by atoms with Crippen LogP contribution < -0.4 is 0 Å². The standard InChI is InChI=1S/C19H16/c1-13-6-7-15-9-10-17-16-5-3-2-4-14(16)8-11-18(17)19(15)12-13/h2-12,17-18H,1H3. The highest BCUT2D eigenvalue weighted by molar-refractivity contribution is 5.69. The minimum Gasteiger partial charge on any atom is -0.0755 e. The molecule has 4 rings (SSSR count). The van der Waals surface area contributed by atoms with Crippen molar-refractivity contribution in [2.45, 2.75) is 18.8 Å². The van der Waals surface area contributed by atoms with E-state index in [2.05, 4.69) is 73.7 Å². The Morgan fingerprint density at radius 2 is 1.42 bits per heavy atom. The van der Waals surface area contributed by atoms with Crippen LogP contribution in [0.4, 0.5) is 0 Å². The number of rotatable bonds is 0. The van der Waals surface area contributed by atoms with Gasteiger partial charge < -0.3 is 0 Å². The second kappa shape index (κ2) is 3.96. The molecular formula is C19H16. The third kappa shape index (κ3) is 1.60. The summed E-state index contributed by atoms with van der Waals surface area (Å²) in [6.45, 7) is 2.17. The number of allylic oxidation sites excluding steroid dienone is 2.